The monoisotopic (exact) mass is 323 g/mol. The first-order valence-electron chi connectivity index (χ1n) is 7.61. The molecule has 0 fully saturated rings. The van der Waals surface area contributed by atoms with E-state index in [1.54, 1.807) is 36.4 Å². The van der Waals surface area contributed by atoms with Gasteiger partial charge < -0.3 is 14.8 Å². The van der Waals surface area contributed by atoms with Crippen LogP contribution >= 0.6 is 0 Å². The van der Waals surface area contributed by atoms with E-state index in [2.05, 4.69) is 18.5 Å². The summed E-state index contributed by atoms with van der Waals surface area (Å²) in [6.07, 6.45) is 1.67. The molecule has 4 nitrogen and oxygen atoms in total. The van der Waals surface area contributed by atoms with E-state index in [-0.39, 0.29) is 5.91 Å². The van der Waals surface area contributed by atoms with Gasteiger partial charge in [0.25, 0.3) is 5.91 Å². The van der Waals surface area contributed by atoms with Crippen LogP contribution in [-0.4, -0.2) is 19.1 Å². The van der Waals surface area contributed by atoms with Gasteiger partial charge in [0, 0.05) is 17.3 Å². The van der Waals surface area contributed by atoms with Gasteiger partial charge in [0.2, 0.25) is 0 Å². The Labute approximate surface area is 142 Å². The van der Waals surface area contributed by atoms with Gasteiger partial charge in [-0.3, -0.25) is 4.79 Å². The second kappa shape index (κ2) is 8.58. The first-order valence-corrected chi connectivity index (χ1v) is 7.61. The summed E-state index contributed by atoms with van der Waals surface area (Å²) in [5.74, 6) is 1.19. The van der Waals surface area contributed by atoms with Crippen LogP contribution in [0.15, 0.2) is 73.3 Å². The molecule has 0 heterocycles. The van der Waals surface area contributed by atoms with E-state index in [1.165, 1.54) is 0 Å². The number of ether oxygens (including phenoxy) is 2. The molecule has 0 spiro atoms. The van der Waals surface area contributed by atoms with Crippen molar-refractivity contribution in [3.05, 3.63) is 78.9 Å². The van der Waals surface area contributed by atoms with Crippen molar-refractivity contribution in [1.82, 2.24) is 0 Å². The molecule has 124 valence electrons. The molecule has 4 heteroatoms. The predicted molar refractivity (Wildman–Crippen MR) is 96.8 cm³/mol. The van der Waals surface area contributed by atoms with Crippen LogP contribution in [0.3, 0.4) is 0 Å². The molecule has 0 saturated heterocycles. The maximum absolute atomic E-state index is 12.3. The maximum atomic E-state index is 12.3. The average molecular weight is 323 g/mol. The average Bonchev–Trinajstić information content (AvgIpc) is 2.59. The number of benzene rings is 2. The molecule has 1 N–H and O–H groups in total. The fourth-order valence-corrected chi connectivity index (χ4v) is 1.93. The number of amides is 1. The van der Waals surface area contributed by atoms with Crippen LogP contribution in [0.2, 0.25) is 0 Å². The standard InChI is InChI=1S/C20H21NO3/c1-4-12-23-18-10-8-16(9-11-18)20(22)21-17-6-5-7-19(13-17)24-14-15(2)3/h4-11,13H,1-2,12,14H2,3H3,(H,21,22). The maximum Gasteiger partial charge on any atom is 0.255 e. The van der Waals surface area contributed by atoms with Crippen LogP contribution in [0.5, 0.6) is 11.5 Å². The molecule has 2 aromatic rings. The molecule has 2 aromatic carbocycles. The molecule has 0 aliphatic rings. The highest BCUT2D eigenvalue weighted by atomic mass is 16.5. The Morgan fingerprint density at radius 3 is 2.54 bits per heavy atom. The third-order valence-corrected chi connectivity index (χ3v) is 3.06. The Hall–Kier alpha value is -3.01. The molecule has 0 aliphatic heterocycles. The minimum Gasteiger partial charge on any atom is -0.490 e. The number of anilines is 1. The molecule has 1 amide bonds. The van der Waals surface area contributed by atoms with Gasteiger partial charge in [0.1, 0.15) is 24.7 Å². The number of nitrogens with one attached hydrogen (secondary N) is 1. The minimum atomic E-state index is -0.192. The molecule has 0 aliphatic carbocycles. The topological polar surface area (TPSA) is 47.6 Å². The number of hydrogen-bond donors (Lipinski definition) is 1. The molecule has 0 atom stereocenters. The van der Waals surface area contributed by atoms with E-state index in [4.69, 9.17) is 9.47 Å². The van der Waals surface area contributed by atoms with Gasteiger partial charge in [0.05, 0.1) is 0 Å². The van der Waals surface area contributed by atoms with Gasteiger partial charge >= 0.3 is 0 Å². The highest BCUT2D eigenvalue weighted by molar-refractivity contribution is 6.04. The van der Waals surface area contributed by atoms with Crippen molar-refractivity contribution in [3.63, 3.8) is 0 Å². The fourth-order valence-electron chi connectivity index (χ4n) is 1.93. The van der Waals surface area contributed by atoms with E-state index < -0.39 is 0 Å². The summed E-state index contributed by atoms with van der Waals surface area (Å²) >= 11 is 0. The van der Waals surface area contributed by atoms with Crippen molar-refractivity contribution in [2.75, 3.05) is 18.5 Å². The lowest BCUT2D eigenvalue weighted by molar-refractivity contribution is 0.102. The summed E-state index contributed by atoms with van der Waals surface area (Å²) in [6, 6.07) is 14.2. The van der Waals surface area contributed by atoms with Gasteiger partial charge in [-0.25, -0.2) is 0 Å². The first kappa shape index (κ1) is 17.3. The largest absolute Gasteiger partial charge is 0.490 e. The van der Waals surface area contributed by atoms with Crippen molar-refractivity contribution in [2.24, 2.45) is 0 Å². The van der Waals surface area contributed by atoms with Crippen molar-refractivity contribution < 1.29 is 14.3 Å². The Bertz CT molecular complexity index is 720. The van der Waals surface area contributed by atoms with Crippen LogP contribution in [0.4, 0.5) is 5.69 Å². The Morgan fingerprint density at radius 1 is 1.12 bits per heavy atom. The fraction of sp³-hybridized carbons (Fsp3) is 0.150. The molecular weight excluding hydrogens is 302 g/mol. The summed E-state index contributed by atoms with van der Waals surface area (Å²) in [4.78, 5) is 12.3. The number of carbonyl (C=O) groups excluding carboxylic acids is 1. The lowest BCUT2D eigenvalue weighted by atomic mass is 10.2. The molecular formula is C20H21NO3. The van der Waals surface area contributed by atoms with Crippen LogP contribution in [0.25, 0.3) is 0 Å². The summed E-state index contributed by atoms with van der Waals surface area (Å²) in [6.45, 7) is 10.2. The van der Waals surface area contributed by atoms with Crippen LogP contribution < -0.4 is 14.8 Å². The molecule has 2 rings (SSSR count). The van der Waals surface area contributed by atoms with Crippen molar-refractivity contribution in [3.8, 4) is 11.5 Å². The summed E-state index contributed by atoms with van der Waals surface area (Å²) < 4.78 is 11.0. The second-order valence-electron chi connectivity index (χ2n) is 5.35. The van der Waals surface area contributed by atoms with Crippen molar-refractivity contribution in [2.45, 2.75) is 6.92 Å². The van der Waals surface area contributed by atoms with E-state index in [0.29, 0.717) is 36.0 Å². The third kappa shape index (κ3) is 5.32. The Morgan fingerprint density at radius 2 is 1.88 bits per heavy atom. The Kier molecular flexibility index (Phi) is 6.20. The van der Waals surface area contributed by atoms with Crippen LogP contribution in [-0.2, 0) is 0 Å². The number of carbonyl (C=O) groups is 1. The zero-order valence-electron chi connectivity index (χ0n) is 13.7. The highest BCUT2D eigenvalue weighted by Gasteiger charge is 2.07. The smallest absolute Gasteiger partial charge is 0.255 e. The normalized spacial score (nSPS) is 9.88. The molecule has 24 heavy (non-hydrogen) atoms. The molecule has 0 bridgehead atoms. The molecule has 0 unspecified atom stereocenters. The summed E-state index contributed by atoms with van der Waals surface area (Å²) in [5, 5.41) is 2.85. The van der Waals surface area contributed by atoms with Crippen molar-refractivity contribution >= 4 is 11.6 Å². The SMILES string of the molecule is C=CCOc1ccc(C(=O)Nc2cccc(OCC(=C)C)c2)cc1. The van der Waals surface area contributed by atoms with Gasteiger partial charge in [-0.2, -0.15) is 0 Å². The predicted octanol–water partition coefficient (Wildman–Crippen LogP) is 4.46. The molecule has 0 aromatic heterocycles. The molecule has 0 saturated carbocycles. The van der Waals surface area contributed by atoms with Gasteiger partial charge in [0.15, 0.2) is 0 Å². The number of hydrogen-bond acceptors (Lipinski definition) is 3. The van der Waals surface area contributed by atoms with E-state index in [9.17, 15) is 4.79 Å². The van der Waals surface area contributed by atoms with Crippen molar-refractivity contribution in [1.29, 1.82) is 0 Å². The zero-order chi connectivity index (χ0) is 17.4. The zero-order valence-corrected chi connectivity index (χ0v) is 13.7. The number of rotatable bonds is 8. The lowest BCUT2D eigenvalue weighted by Gasteiger charge is -2.09. The first-order chi connectivity index (χ1) is 11.6. The lowest BCUT2D eigenvalue weighted by Crippen LogP contribution is -2.12. The van der Waals surface area contributed by atoms with E-state index >= 15 is 0 Å². The third-order valence-electron chi connectivity index (χ3n) is 3.06. The van der Waals surface area contributed by atoms with E-state index in [1.807, 2.05) is 25.1 Å². The second-order valence-corrected chi connectivity index (χ2v) is 5.35. The van der Waals surface area contributed by atoms with E-state index in [0.717, 1.165) is 5.57 Å². The van der Waals surface area contributed by atoms with Crippen LogP contribution in [0, 0.1) is 0 Å². The quantitative estimate of drug-likeness (QED) is 0.730. The van der Waals surface area contributed by atoms with Crippen LogP contribution in [0.1, 0.15) is 17.3 Å². The summed E-state index contributed by atoms with van der Waals surface area (Å²) in [5.41, 5.74) is 2.16. The van der Waals surface area contributed by atoms with Gasteiger partial charge in [-0.1, -0.05) is 25.3 Å². The molecule has 0 radical (unpaired) electrons. The van der Waals surface area contributed by atoms with Gasteiger partial charge in [-0.15, -0.1) is 0 Å². The minimum absolute atomic E-state index is 0.192. The van der Waals surface area contributed by atoms with Gasteiger partial charge in [-0.05, 0) is 48.9 Å². The Balaban J connectivity index is 1.99. The highest BCUT2D eigenvalue weighted by Crippen LogP contribution is 2.19. The summed E-state index contributed by atoms with van der Waals surface area (Å²) in [7, 11) is 0.